The molecule has 9 heteroatoms. The predicted octanol–water partition coefficient (Wildman–Crippen LogP) is 4.41. The van der Waals surface area contributed by atoms with Crippen molar-refractivity contribution < 1.29 is 32.7 Å². The molecule has 7 nitrogen and oxygen atoms in total. The van der Waals surface area contributed by atoms with Crippen molar-refractivity contribution in [3.8, 4) is 0 Å². The molecule has 0 radical (unpaired) electrons. The number of carbonyl (C=O) groups excluding carboxylic acids is 2. The molecule has 3 heterocycles. The van der Waals surface area contributed by atoms with Gasteiger partial charge in [0.05, 0.1) is 6.61 Å². The molecule has 29 heavy (non-hydrogen) atoms. The van der Waals surface area contributed by atoms with Gasteiger partial charge >= 0.3 is 11.9 Å². The molecule has 0 amide bonds. The van der Waals surface area contributed by atoms with Gasteiger partial charge in [0.25, 0.3) is 0 Å². The van der Waals surface area contributed by atoms with Gasteiger partial charge in [0.2, 0.25) is 0 Å². The van der Waals surface area contributed by atoms with Gasteiger partial charge in [-0.05, 0) is 31.9 Å². The summed E-state index contributed by atoms with van der Waals surface area (Å²) in [6.07, 6.45) is 2.50. The van der Waals surface area contributed by atoms with Crippen LogP contribution in [0.3, 0.4) is 0 Å². The minimum Gasteiger partial charge on any atom is -0.462 e. The summed E-state index contributed by atoms with van der Waals surface area (Å²) in [5.41, 5.74) is 0.832. The highest BCUT2D eigenvalue weighted by Gasteiger charge is 2.29. The van der Waals surface area contributed by atoms with Crippen LogP contribution in [0.15, 0.2) is 29.0 Å². The van der Waals surface area contributed by atoms with Gasteiger partial charge in [-0.3, -0.25) is 0 Å². The van der Waals surface area contributed by atoms with Crippen molar-refractivity contribution in [1.29, 1.82) is 0 Å². The number of ether oxygens (including phenoxy) is 3. The third-order valence-corrected chi connectivity index (χ3v) is 5.80. The monoisotopic (exact) mass is 419 g/mol. The Morgan fingerprint density at radius 1 is 1.31 bits per heavy atom. The standard InChI is InChI=1S/C20H18FNO6S/c1-2-25-20(24)18-11(16-13(21)5-3-7-15(16)29-18)9-27-19(23)12-10-28-22-17(12)14-6-4-8-26-14/h3,5,7,10,14H,2,4,6,8-9H2,1H3. The van der Waals surface area contributed by atoms with Crippen molar-refractivity contribution in [3.05, 3.63) is 52.0 Å². The second kappa shape index (κ2) is 8.30. The minimum absolute atomic E-state index is 0.162. The largest absolute Gasteiger partial charge is 0.462 e. The van der Waals surface area contributed by atoms with Gasteiger partial charge in [-0.2, -0.15) is 0 Å². The Labute approximate surface area is 169 Å². The molecule has 4 rings (SSSR count). The molecular weight excluding hydrogens is 401 g/mol. The molecule has 1 aliphatic heterocycles. The van der Waals surface area contributed by atoms with E-state index in [1.165, 1.54) is 12.3 Å². The number of hydrogen-bond acceptors (Lipinski definition) is 8. The van der Waals surface area contributed by atoms with Gasteiger partial charge < -0.3 is 18.7 Å². The molecule has 1 saturated heterocycles. The van der Waals surface area contributed by atoms with E-state index in [9.17, 15) is 14.0 Å². The quantitative estimate of drug-likeness (QED) is 0.547. The lowest BCUT2D eigenvalue weighted by Gasteiger charge is -2.09. The summed E-state index contributed by atoms with van der Waals surface area (Å²) < 4.78 is 36.0. The molecule has 0 aliphatic carbocycles. The number of rotatable bonds is 6. The first-order valence-electron chi connectivity index (χ1n) is 9.20. The molecule has 0 saturated carbocycles. The number of benzene rings is 1. The van der Waals surface area contributed by atoms with Crippen LogP contribution in [0.4, 0.5) is 4.39 Å². The first-order chi connectivity index (χ1) is 14.1. The number of hydrogen-bond donors (Lipinski definition) is 0. The van der Waals surface area contributed by atoms with Crippen molar-refractivity contribution in [2.24, 2.45) is 0 Å². The third kappa shape index (κ3) is 3.75. The zero-order valence-corrected chi connectivity index (χ0v) is 16.4. The lowest BCUT2D eigenvalue weighted by atomic mass is 10.1. The summed E-state index contributed by atoms with van der Waals surface area (Å²) in [6, 6.07) is 4.56. The van der Waals surface area contributed by atoms with Crippen molar-refractivity contribution in [2.45, 2.75) is 32.5 Å². The van der Waals surface area contributed by atoms with E-state index in [1.807, 2.05) is 0 Å². The normalized spacial score (nSPS) is 16.3. The lowest BCUT2D eigenvalue weighted by molar-refractivity contribution is 0.0445. The fraction of sp³-hybridized carbons (Fsp3) is 0.350. The van der Waals surface area contributed by atoms with Crippen LogP contribution in [0.2, 0.25) is 0 Å². The number of carbonyl (C=O) groups is 2. The number of thiophene rings is 1. The van der Waals surface area contributed by atoms with Crippen LogP contribution >= 0.6 is 11.3 Å². The summed E-state index contributed by atoms with van der Waals surface area (Å²) in [5, 5.41) is 4.11. The predicted molar refractivity (Wildman–Crippen MR) is 101 cm³/mol. The zero-order valence-electron chi connectivity index (χ0n) is 15.6. The van der Waals surface area contributed by atoms with Gasteiger partial charge in [0, 0.05) is 22.3 Å². The second-order valence-corrected chi connectivity index (χ2v) is 7.49. The molecule has 1 aromatic carbocycles. The van der Waals surface area contributed by atoms with Gasteiger partial charge in [0.1, 0.15) is 40.9 Å². The van der Waals surface area contributed by atoms with Gasteiger partial charge in [-0.1, -0.05) is 11.2 Å². The average Bonchev–Trinajstić information content (AvgIpc) is 3.44. The number of halogens is 1. The summed E-state index contributed by atoms with van der Waals surface area (Å²) in [4.78, 5) is 25.2. The van der Waals surface area contributed by atoms with Gasteiger partial charge in [0.15, 0.2) is 0 Å². The van der Waals surface area contributed by atoms with E-state index >= 15 is 0 Å². The van der Waals surface area contributed by atoms with Crippen molar-refractivity contribution in [3.63, 3.8) is 0 Å². The maximum Gasteiger partial charge on any atom is 0.348 e. The minimum atomic E-state index is -0.678. The number of fused-ring (bicyclic) bond motifs is 1. The maximum atomic E-state index is 14.4. The number of esters is 2. The molecule has 1 unspecified atom stereocenters. The van der Waals surface area contributed by atoms with E-state index in [0.29, 0.717) is 17.0 Å². The Morgan fingerprint density at radius 2 is 2.17 bits per heavy atom. The van der Waals surface area contributed by atoms with Crippen molar-refractivity contribution in [2.75, 3.05) is 13.2 Å². The number of nitrogens with zero attached hydrogens (tertiary/aromatic N) is 1. The third-order valence-electron chi connectivity index (χ3n) is 4.62. The molecule has 1 fully saturated rings. The Balaban J connectivity index is 1.61. The molecular formula is C20H18FNO6S. The van der Waals surface area contributed by atoms with Crippen LogP contribution in [0.5, 0.6) is 0 Å². The molecule has 0 N–H and O–H groups in total. The van der Waals surface area contributed by atoms with E-state index < -0.39 is 17.8 Å². The fourth-order valence-electron chi connectivity index (χ4n) is 3.31. The Morgan fingerprint density at radius 3 is 2.93 bits per heavy atom. The summed E-state index contributed by atoms with van der Waals surface area (Å²) in [5.74, 6) is -1.75. The van der Waals surface area contributed by atoms with Crippen molar-refractivity contribution >= 4 is 33.4 Å². The van der Waals surface area contributed by atoms with Gasteiger partial charge in [-0.25, -0.2) is 14.0 Å². The van der Waals surface area contributed by atoms with Gasteiger partial charge in [-0.15, -0.1) is 11.3 Å². The summed E-state index contributed by atoms with van der Waals surface area (Å²) in [6.45, 7) is 2.17. The van der Waals surface area contributed by atoms with Crippen LogP contribution in [0, 0.1) is 5.82 Å². The van der Waals surface area contributed by atoms with E-state index in [0.717, 1.165) is 24.2 Å². The Kier molecular flexibility index (Phi) is 5.59. The van der Waals surface area contributed by atoms with E-state index in [2.05, 4.69) is 5.16 Å². The smallest absolute Gasteiger partial charge is 0.348 e. The molecule has 2 aromatic heterocycles. The molecule has 152 valence electrons. The second-order valence-electron chi connectivity index (χ2n) is 6.43. The van der Waals surface area contributed by atoms with Crippen LogP contribution in [0.1, 0.15) is 57.2 Å². The van der Waals surface area contributed by atoms with Crippen LogP contribution in [-0.2, 0) is 20.8 Å². The van der Waals surface area contributed by atoms with Crippen LogP contribution in [-0.4, -0.2) is 30.3 Å². The molecule has 3 aromatic rings. The topological polar surface area (TPSA) is 87.9 Å². The lowest BCUT2D eigenvalue weighted by Crippen LogP contribution is -2.11. The first kappa shape index (κ1) is 19.5. The summed E-state index contributed by atoms with van der Waals surface area (Å²) >= 11 is 1.10. The highest BCUT2D eigenvalue weighted by Crippen LogP contribution is 2.35. The molecule has 0 bridgehead atoms. The van der Waals surface area contributed by atoms with E-state index in [-0.39, 0.29) is 40.7 Å². The first-order valence-corrected chi connectivity index (χ1v) is 10.0. The maximum absolute atomic E-state index is 14.4. The number of aromatic nitrogens is 1. The molecule has 1 atom stereocenters. The van der Waals surface area contributed by atoms with Crippen molar-refractivity contribution in [1.82, 2.24) is 5.16 Å². The highest BCUT2D eigenvalue weighted by molar-refractivity contribution is 7.21. The summed E-state index contributed by atoms with van der Waals surface area (Å²) in [7, 11) is 0. The highest BCUT2D eigenvalue weighted by atomic mass is 32.1. The Bertz CT molecular complexity index is 1050. The van der Waals surface area contributed by atoms with E-state index in [1.54, 1.807) is 19.1 Å². The molecule has 1 aliphatic rings. The average molecular weight is 419 g/mol. The SMILES string of the molecule is CCOC(=O)c1sc2cccc(F)c2c1COC(=O)c1conc1C1CCCO1. The van der Waals surface area contributed by atoms with E-state index in [4.69, 9.17) is 18.7 Å². The Hall–Kier alpha value is -2.78. The molecule has 0 spiro atoms. The van der Waals surface area contributed by atoms with Crippen LogP contribution in [0.25, 0.3) is 10.1 Å². The fourth-order valence-corrected chi connectivity index (χ4v) is 4.42. The van der Waals surface area contributed by atoms with Crippen LogP contribution < -0.4 is 0 Å². The zero-order chi connectivity index (χ0) is 20.4.